The Hall–Kier alpha value is -4.23. The molecule has 0 unspecified atom stereocenters. The number of carbonyl (C=O) groups excluding carboxylic acids is 4. The molecule has 0 atom stereocenters. The summed E-state index contributed by atoms with van der Waals surface area (Å²) in [5.41, 5.74) is 3.04. The molecule has 49 heavy (non-hydrogen) atoms. The second kappa shape index (κ2) is 16.4. The smallest absolute Gasteiger partial charge is 0.261 e. The molecule has 1 N–H and O–H groups in total. The summed E-state index contributed by atoms with van der Waals surface area (Å²) in [5, 5.41) is 7.13. The van der Waals surface area contributed by atoms with Crippen molar-refractivity contribution in [1.29, 1.82) is 0 Å². The van der Waals surface area contributed by atoms with Gasteiger partial charge in [0.25, 0.3) is 23.6 Å². The van der Waals surface area contributed by atoms with E-state index in [0.717, 1.165) is 36.3 Å². The van der Waals surface area contributed by atoms with Gasteiger partial charge in [-0.15, -0.1) is 0 Å². The quantitative estimate of drug-likeness (QED) is 0.133. The minimum Gasteiger partial charge on any atom is -1.00 e. The first kappa shape index (κ1) is 36.1. The summed E-state index contributed by atoms with van der Waals surface area (Å²) in [7, 11) is -1.97. The topological polar surface area (TPSA) is 83.5 Å². The molecule has 248 valence electrons. The van der Waals surface area contributed by atoms with Gasteiger partial charge in [0.1, 0.15) is 23.2 Å². The fraction of sp³-hybridized carbons (Fsp3) is 0.150. The zero-order valence-corrected chi connectivity index (χ0v) is 30.8. The molecular weight excluding hydrogens is 763 g/mol. The lowest BCUT2D eigenvalue weighted by Gasteiger charge is -2.28. The lowest BCUT2D eigenvalue weighted by Crippen LogP contribution is -3.00. The normalized spacial score (nSPS) is 13.2. The number of alkyl halides is 1. The predicted molar refractivity (Wildman–Crippen MR) is 197 cm³/mol. The van der Waals surface area contributed by atoms with Crippen LogP contribution < -0.4 is 38.2 Å². The molecule has 6 nitrogen and oxygen atoms in total. The monoisotopic (exact) mass is 796 g/mol. The van der Waals surface area contributed by atoms with E-state index >= 15 is 0 Å². The number of aryl methyl sites for hydroxylation is 1. The van der Waals surface area contributed by atoms with Crippen LogP contribution in [-0.4, -0.2) is 46.6 Å². The molecule has 7 rings (SSSR count). The number of imide groups is 2. The van der Waals surface area contributed by atoms with Crippen LogP contribution >= 0.6 is 23.2 Å². The third kappa shape index (κ3) is 7.37. The highest BCUT2D eigenvalue weighted by molar-refractivity contribution is 9.09. The highest BCUT2D eigenvalue weighted by Gasteiger charge is 2.45. The molecule has 0 bridgehead atoms. The van der Waals surface area contributed by atoms with E-state index in [2.05, 4.69) is 94.0 Å². The maximum atomic E-state index is 12.9. The first-order chi connectivity index (χ1) is 23.5. The van der Waals surface area contributed by atoms with E-state index in [1.54, 1.807) is 18.2 Å². The molecule has 0 saturated heterocycles. The maximum Gasteiger partial charge on any atom is 0.261 e. The maximum absolute atomic E-state index is 12.9. The summed E-state index contributed by atoms with van der Waals surface area (Å²) < 4.78 is 0. The number of benzene rings is 5. The number of hydrogen-bond acceptors (Lipinski definition) is 4. The Morgan fingerprint density at radius 2 is 1.02 bits per heavy atom. The van der Waals surface area contributed by atoms with E-state index < -0.39 is 7.26 Å². The average molecular weight is 799 g/mol. The van der Waals surface area contributed by atoms with Crippen molar-refractivity contribution in [2.24, 2.45) is 0 Å². The van der Waals surface area contributed by atoms with Crippen molar-refractivity contribution < 1.29 is 36.2 Å². The Balaban J connectivity index is 0.000000246. The Kier molecular flexibility index (Phi) is 12.1. The summed E-state index contributed by atoms with van der Waals surface area (Å²) in [5.74, 6) is -0.909. The zero-order valence-electron chi connectivity index (χ0n) is 26.7. The van der Waals surface area contributed by atoms with Gasteiger partial charge in [-0.25, -0.2) is 0 Å². The highest BCUT2D eigenvalue weighted by atomic mass is 79.9. The van der Waals surface area contributed by atoms with Gasteiger partial charge in [-0.2, -0.15) is 0 Å². The van der Waals surface area contributed by atoms with E-state index in [-0.39, 0.29) is 40.6 Å². The number of halogens is 2. The van der Waals surface area contributed by atoms with E-state index in [1.165, 1.54) is 20.8 Å². The van der Waals surface area contributed by atoms with E-state index in [4.69, 9.17) is 0 Å². The number of hydrogen-bond donors (Lipinski definition) is 1. The minimum atomic E-state index is -1.97. The second-order valence-electron chi connectivity index (χ2n) is 11.6. The Labute approximate surface area is 306 Å². The summed E-state index contributed by atoms with van der Waals surface area (Å²) >= 11 is 3.35. The van der Waals surface area contributed by atoms with Crippen LogP contribution in [0.15, 0.2) is 133 Å². The van der Waals surface area contributed by atoms with Gasteiger partial charge in [-0.05, 0) is 73.0 Å². The molecule has 0 aliphatic carbocycles. The largest absolute Gasteiger partial charge is 1.00 e. The minimum absolute atomic E-state index is 0. The van der Waals surface area contributed by atoms with Crippen LogP contribution in [0, 0.1) is 0 Å². The lowest BCUT2D eigenvalue weighted by atomic mass is 9.99. The van der Waals surface area contributed by atoms with E-state index in [0.29, 0.717) is 28.8 Å². The number of amides is 4. The second-order valence-corrected chi connectivity index (χ2v) is 16.0. The number of rotatable bonds is 10. The Morgan fingerprint density at radius 1 is 0.551 bits per heavy atom. The van der Waals surface area contributed by atoms with Crippen molar-refractivity contribution in [3.8, 4) is 0 Å². The van der Waals surface area contributed by atoms with Gasteiger partial charge in [0.2, 0.25) is 0 Å². The zero-order chi connectivity index (χ0) is 33.5. The third-order valence-electron chi connectivity index (χ3n) is 8.77. The molecule has 5 aromatic rings. The Bertz CT molecular complexity index is 1820. The molecule has 2 heterocycles. The van der Waals surface area contributed by atoms with Gasteiger partial charge in [0.15, 0.2) is 0 Å². The lowest BCUT2D eigenvalue weighted by molar-refractivity contribution is -0.0000497. The van der Waals surface area contributed by atoms with E-state index in [9.17, 15) is 19.2 Å². The standard InChI is InChI=1S/C29H25NO2P.C11H10BrNO2.BrH/c31-28-26-19-10-11-20-27(26)29(32)30(28)21-12-22-33(23-13-4-1-5-14-23,24-15-6-2-7-16-24)25-17-8-3-9-18-25;12-6-2-4-7-3-1-5-8-9(7)11(15)13-10(8)14;/h1-11,13-20H,12,21-22H2;1,3,5H,2,4,6H2,(H,13,14,15);1H/q+1;;/p-1. The van der Waals surface area contributed by atoms with Crippen LogP contribution in [0.5, 0.6) is 0 Å². The van der Waals surface area contributed by atoms with Crippen LogP contribution in [0.1, 0.15) is 59.8 Å². The summed E-state index contributed by atoms with van der Waals surface area (Å²) in [6, 6.07) is 44.5. The molecule has 4 amide bonds. The molecule has 0 saturated carbocycles. The van der Waals surface area contributed by atoms with Crippen LogP contribution in [0.4, 0.5) is 0 Å². The highest BCUT2D eigenvalue weighted by Crippen LogP contribution is 2.55. The van der Waals surface area contributed by atoms with Crippen LogP contribution in [-0.2, 0) is 6.42 Å². The van der Waals surface area contributed by atoms with Crippen molar-refractivity contribution in [3.05, 3.63) is 161 Å². The number of carbonyl (C=O) groups is 4. The summed E-state index contributed by atoms with van der Waals surface area (Å²) in [6.45, 7) is 0.417. The van der Waals surface area contributed by atoms with Gasteiger partial charge < -0.3 is 17.0 Å². The SMILES string of the molecule is O=C1NC(=O)c2c(CCCBr)cccc21.O=C1c2ccccc2C(=O)N1CCC[P+](c1ccccc1)(c1ccccc1)c1ccccc1.[Br-]. The predicted octanol–water partition coefficient (Wildman–Crippen LogP) is 3.57. The van der Waals surface area contributed by atoms with E-state index in [1.807, 2.05) is 42.5 Å². The van der Waals surface area contributed by atoms with Crippen molar-refractivity contribution >= 4 is 62.7 Å². The molecule has 0 fully saturated rings. The van der Waals surface area contributed by atoms with Crippen molar-refractivity contribution in [2.45, 2.75) is 19.3 Å². The molecule has 0 aromatic heterocycles. The fourth-order valence-corrected chi connectivity index (χ4v) is 11.2. The van der Waals surface area contributed by atoms with Gasteiger partial charge in [-0.3, -0.25) is 29.4 Å². The molecule has 2 aliphatic heterocycles. The van der Waals surface area contributed by atoms with Gasteiger partial charge in [0.05, 0.1) is 28.4 Å². The Morgan fingerprint density at radius 3 is 1.51 bits per heavy atom. The number of nitrogens with one attached hydrogen (secondary N) is 1. The number of fused-ring (bicyclic) bond motifs is 2. The van der Waals surface area contributed by atoms with Crippen LogP contribution in [0.3, 0.4) is 0 Å². The molecule has 5 aromatic carbocycles. The molecule has 9 heteroatoms. The van der Waals surface area contributed by atoms with Gasteiger partial charge in [0, 0.05) is 18.3 Å². The average Bonchev–Trinajstić information content (AvgIpc) is 3.57. The van der Waals surface area contributed by atoms with Crippen molar-refractivity contribution in [3.63, 3.8) is 0 Å². The van der Waals surface area contributed by atoms with Crippen molar-refractivity contribution in [2.75, 3.05) is 18.0 Å². The molecular formula is C40H35Br2N2O4P. The first-order valence-corrected chi connectivity index (χ1v) is 19.1. The summed E-state index contributed by atoms with van der Waals surface area (Å²) in [4.78, 5) is 50.1. The molecule has 0 spiro atoms. The van der Waals surface area contributed by atoms with Crippen LogP contribution in [0.2, 0.25) is 0 Å². The van der Waals surface area contributed by atoms with Crippen LogP contribution in [0.25, 0.3) is 0 Å². The summed E-state index contributed by atoms with van der Waals surface area (Å²) in [6.07, 6.45) is 3.38. The van der Waals surface area contributed by atoms with Crippen molar-refractivity contribution in [1.82, 2.24) is 10.2 Å². The third-order valence-corrected chi connectivity index (χ3v) is 13.9. The first-order valence-electron chi connectivity index (χ1n) is 16.0. The van der Waals surface area contributed by atoms with Gasteiger partial charge >= 0.3 is 0 Å². The fourth-order valence-electron chi connectivity index (χ4n) is 6.55. The molecule has 2 aliphatic rings. The van der Waals surface area contributed by atoms with Gasteiger partial charge in [-0.1, -0.05) is 94.8 Å². The molecule has 0 radical (unpaired) electrons. The number of nitrogens with zero attached hydrogens (tertiary/aromatic N) is 1.